The molecule has 0 amide bonds. The number of hydrogen-bond donors (Lipinski definition) is 1. The minimum absolute atomic E-state index is 0.224. The number of anilines is 1. The van der Waals surface area contributed by atoms with Gasteiger partial charge in [0.15, 0.2) is 5.66 Å². The maximum Gasteiger partial charge on any atom is 0.276 e. The van der Waals surface area contributed by atoms with Gasteiger partial charge in [-0.2, -0.15) is 4.98 Å². The summed E-state index contributed by atoms with van der Waals surface area (Å²) >= 11 is 0. The topological polar surface area (TPSA) is 51.3 Å². The van der Waals surface area contributed by atoms with Gasteiger partial charge >= 0.3 is 0 Å². The van der Waals surface area contributed by atoms with E-state index in [1.54, 1.807) is 12.4 Å². The highest BCUT2D eigenvalue weighted by Crippen LogP contribution is 2.36. The Morgan fingerprint density at radius 3 is 2.44 bits per heavy atom. The number of pyridine rings is 1. The van der Waals surface area contributed by atoms with Gasteiger partial charge in [0.25, 0.3) is 5.82 Å². The molecule has 2 aromatic carbocycles. The molecule has 158 valence electrons. The van der Waals surface area contributed by atoms with Crippen LogP contribution in [-0.4, -0.2) is 32.2 Å². The van der Waals surface area contributed by atoms with Crippen molar-refractivity contribution in [2.24, 2.45) is 0 Å². The van der Waals surface area contributed by atoms with Crippen LogP contribution in [-0.2, 0) is 0 Å². The van der Waals surface area contributed by atoms with E-state index in [4.69, 9.17) is 9.97 Å². The number of rotatable bonds is 2. The first kappa shape index (κ1) is 19.0. The van der Waals surface area contributed by atoms with Crippen molar-refractivity contribution in [1.29, 1.82) is 0 Å². The van der Waals surface area contributed by atoms with Crippen LogP contribution in [0.15, 0.2) is 73.2 Å². The van der Waals surface area contributed by atoms with E-state index in [1.807, 2.05) is 18.3 Å². The van der Waals surface area contributed by atoms with E-state index >= 15 is 0 Å². The summed E-state index contributed by atoms with van der Waals surface area (Å²) in [7, 11) is 2.10. The van der Waals surface area contributed by atoms with Gasteiger partial charge in [-0.3, -0.25) is 4.57 Å². The van der Waals surface area contributed by atoms with Gasteiger partial charge in [-0.25, -0.2) is 14.9 Å². The molecule has 0 radical (unpaired) electrons. The van der Waals surface area contributed by atoms with Crippen LogP contribution in [0.5, 0.6) is 0 Å². The first-order chi connectivity index (χ1) is 15.5. The van der Waals surface area contributed by atoms with Crippen molar-refractivity contribution < 1.29 is 4.90 Å². The van der Waals surface area contributed by atoms with Crippen molar-refractivity contribution in [2.45, 2.75) is 26.4 Å². The Balaban J connectivity index is 1.67. The van der Waals surface area contributed by atoms with Crippen molar-refractivity contribution in [3.05, 3.63) is 78.8 Å². The molecule has 1 unspecified atom stereocenters. The van der Waals surface area contributed by atoms with E-state index < -0.39 is 0 Å². The summed E-state index contributed by atoms with van der Waals surface area (Å²) in [6.45, 7) is 6.67. The molecule has 6 nitrogen and oxygen atoms in total. The zero-order chi connectivity index (χ0) is 22.0. The quantitative estimate of drug-likeness (QED) is 0.461. The van der Waals surface area contributed by atoms with Gasteiger partial charge in [-0.1, -0.05) is 18.2 Å². The molecule has 4 heterocycles. The molecule has 1 aliphatic heterocycles. The molecule has 6 rings (SSSR count). The Morgan fingerprint density at radius 2 is 1.62 bits per heavy atom. The SMILES string of the molecule is Cc1cc2c(cc1[NH+]1c3nccnc3N(C)C1(C)C)c1cccnc1n2-c1ccccc1. The third-order valence-electron chi connectivity index (χ3n) is 6.84. The lowest BCUT2D eigenvalue weighted by molar-refractivity contribution is -0.814. The molecule has 1 N–H and O–H groups in total. The Morgan fingerprint density at radius 1 is 0.844 bits per heavy atom. The van der Waals surface area contributed by atoms with Crippen molar-refractivity contribution in [3.8, 4) is 5.69 Å². The standard InChI is InChI=1S/C26H24N6/c1-17-15-22-20(19-11-8-12-27-23(19)31(22)18-9-6-5-7-10-18)16-21(17)32-25-24(28-13-14-29-25)30(4)26(32,2)3/h5-16H,1-4H3/p+1. The predicted molar refractivity (Wildman–Crippen MR) is 128 cm³/mol. The van der Waals surface area contributed by atoms with Gasteiger partial charge in [-0.05, 0) is 37.3 Å². The smallest absolute Gasteiger partial charge is 0.276 e. The van der Waals surface area contributed by atoms with Gasteiger partial charge in [0.05, 0.1) is 11.7 Å². The number of aryl methyl sites for hydroxylation is 1. The van der Waals surface area contributed by atoms with E-state index in [2.05, 4.69) is 84.7 Å². The second-order valence-corrected chi connectivity index (χ2v) is 8.95. The van der Waals surface area contributed by atoms with Gasteiger partial charge in [0.1, 0.15) is 11.3 Å². The molecule has 0 bridgehead atoms. The van der Waals surface area contributed by atoms with Gasteiger partial charge in [-0.15, -0.1) is 0 Å². The maximum absolute atomic E-state index is 4.75. The van der Waals surface area contributed by atoms with E-state index in [9.17, 15) is 0 Å². The van der Waals surface area contributed by atoms with Crippen LogP contribution in [0, 0.1) is 6.92 Å². The highest BCUT2D eigenvalue weighted by atomic mass is 15.5. The summed E-state index contributed by atoms with van der Waals surface area (Å²) in [4.78, 5) is 17.6. The van der Waals surface area contributed by atoms with Crippen LogP contribution in [0.2, 0.25) is 0 Å². The van der Waals surface area contributed by atoms with Crippen LogP contribution in [0.3, 0.4) is 0 Å². The summed E-state index contributed by atoms with van der Waals surface area (Å²) in [5, 5.41) is 2.34. The lowest BCUT2D eigenvalue weighted by atomic mass is 10.1. The number of nitrogens with zero attached hydrogens (tertiary/aromatic N) is 5. The molecule has 1 atom stereocenters. The summed E-state index contributed by atoms with van der Waals surface area (Å²) in [6.07, 6.45) is 5.42. The van der Waals surface area contributed by atoms with E-state index in [0.717, 1.165) is 33.9 Å². The molecular formula is C26H25N6+. The number of quaternary nitrogens is 1. The predicted octanol–water partition coefficient (Wildman–Crippen LogP) is 4.31. The van der Waals surface area contributed by atoms with Gasteiger partial charge in [0, 0.05) is 61.4 Å². The largest absolute Gasteiger partial charge is 0.301 e. The van der Waals surface area contributed by atoms with E-state index in [0.29, 0.717) is 0 Å². The fourth-order valence-electron chi connectivity index (χ4n) is 5.03. The number of hydrogen-bond acceptors (Lipinski definition) is 4. The molecule has 0 fully saturated rings. The molecule has 3 aromatic heterocycles. The van der Waals surface area contributed by atoms with Crippen molar-refractivity contribution in [2.75, 3.05) is 11.9 Å². The number of nitrogens with one attached hydrogen (secondary N) is 1. The number of fused-ring (bicyclic) bond motifs is 4. The fraction of sp³-hybridized carbons (Fsp3) is 0.192. The Kier molecular flexibility index (Phi) is 3.92. The maximum atomic E-state index is 4.75. The molecule has 1 aliphatic rings. The zero-order valence-electron chi connectivity index (χ0n) is 18.7. The monoisotopic (exact) mass is 421 g/mol. The van der Waals surface area contributed by atoms with Crippen molar-refractivity contribution >= 4 is 39.3 Å². The van der Waals surface area contributed by atoms with Crippen LogP contribution in [0.1, 0.15) is 19.4 Å². The molecular weight excluding hydrogens is 396 g/mol. The van der Waals surface area contributed by atoms with E-state index in [1.165, 1.54) is 21.5 Å². The second kappa shape index (κ2) is 6.61. The third kappa shape index (κ3) is 2.47. The lowest BCUT2D eigenvalue weighted by Gasteiger charge is -2.32. The Labute approximate surface area is 186 Å². The number of aromatic nitrogens is 4. The summed E-state index contributed by atoms with van der Waals surface area (Å²) in [5.41, 5.74) is 5.45. The molecule has 0 spiro atoms. The van der Waals surface area contributed by atoms with Crippen LogP contribution >= 0.6 is 0 Å². The van der Waals surface area contributed by atoms with E-state index in [-0.39, 0.29) is 5.66 Å². The Hall–Kier alpha value is -3.77. The summed E-state index contributed by atoms with van der Waals surface area (Å²) < 4.78 is 2.26. The highest BCUT2D eigenvalue weighted by Gasteiger charge is 2.49. The average Bonchev–Trinajstić information content (AvgIpc) is 3.22. The minimum Gasteiger partial charge on any atom is -0.301 e. The fourth-order valence-corrected chi connectivity index (χ4v) is 5.03. The lowest BCUT2D eigenvalue weighted by Crippen LogP contribution is -3.11. The third-order valence-corrected chi connectivity index (χ3v) is 6.84. The average molecular weight is 422 g/mol. The second-order valence-electron chi connectivity index (χ2n) is 8.95. The molecule has 5 aromatic rings. The van der Waals surface area contributed by atoms with Gasteiger partial charge < -0.3 is 4.90 Å². The van der Waals surface area contributed by atoms with Crippen LogP contribution in [0.25, 0.3) is 27.6 Å². The first-order valence-electron chi connectivity index (χ1n) is 10.9. The molecule has 0 saturated carbocycles. The number of para-hydroxylation sites is 1. The number of benzene rings is 2. The van der Waals surface area contributed by atoms with Crippen LogP contribution in [0.4, 0.5) is 17.3 Å². The zero-order valence-corrected chi connectivity index (χ0v) is 18.7. The summed E-state index contributed by atoms with van der Waals surface area (Å²) in [6, 6.07) is 19.2. The van der Waals surface area contributed by atoms with Gasteiger partial charge in [0.2, 0.25) is 5.82 Å². The normalized spacial score (nSPS) is 17.2. The highest BCUT2D eigenvalue weighted by molar-refractivity contribution is 6.09. The molecule has 0 aliphatic carbocycles. The molecule has 32 heavy (non-hydrogen) atoms. The van der Waals surface area contributed by atoms with Crippen LogP contribution < -0.4 is 9.80 Å². The van der Waals surface area contributed by atoms with Crippen molar-refractivity contribution in [3.63, 3.8) is 0 Å². The molecule has 6 heteroatoms. The minimum atomic E-state index is -0.224. The summed E-state index contributed by atoms with van der Waals surface area (Å²) in [5.74, 6) is 1.90. The van der Waals surface area contributed by atoms with Crippen molar-refractivity contribution in [1.82, 2.24) is 19.5 Å². The Bertz CT molecular complexity index is 1490. The molecule has 0 saturated heterocycles. The first-order valence-corrected chi connectivity index (χ1v) is 10.9.